The molecule has 0 aromatic carbocycles. The molecule has 2 fully saturated rings. The lowest BCUT2D eigenvalue weighted by molar-refractivity contribution is -0.222. The van der Waals surface area contributed by atoms with Crippen LogP contribution in [0.4, 0.5) is 0 Å². The smallest absolute Gasteiger partial charge is 0.350 e. The average molecular weight is 261 g/mol. The van der Waals surface area contributed by atoms with Crippen LogP contribution in [0.5, 0.6) is 0 Å². The molecule has 2 aliphatic heterocycles. The van der Waals surface area contributed by atoms with Gasteiger partial charge < -0.3 is 19.1 Å². The van der Waals surface area contributed by atoms with Gasteiger partial charge in [-0.05, 0) is 13.7 Å². The van der Waals surface area contributed by atoms with Crippen molar-refractivity contribution in [3.63, 3.8) is 0 Å². The predicted molar refractivity (Wildman–Crippen MR) is 61.1 cm³/mol. The number of ether oxygens (including phenoxy) is 3. The summed E-state index contributed by atoms with van der Waals surface area (Å²) in [6.07, 6.45) is 0.825. The Morgan fingerprint density at radius 1 is 1.28 bits per heavy atom. The predicted octanol–water partition coefficient (Wildman–Crippen LogP) is 0.775. The van der Waals surface area contributed by atoms with Crippen LogP contribution in [-0.2, 0) is 23.8 Å². The van der Waals surface area contributed by atoms with E-state index in [0.29, 0.717) is 0 Å². The molecule has 0 radical (unpaired) electrons. The Bertz CT molecular complexity index is 558. The zero-order valence-corrected chi connectivity index (χ0v) is 9.98. The normalized spacial score (nSPS) is 32.1. The molecule has 0 amide bonds. The maximum absolute atomic E-state index is 12.0. The third-order valence-corrected chi connectivity index (χ3v) is 2.45. The van der Waals surface area contributed by atoms with Crippen molar-refractivity contribution in [1.82, 2.24) is 4.90 Å². The molecule has 2 aliphatic rings. The molecule has 6 heteroatoms. The van der Waals surface area contributed by atoms with Crippen LogP contribution in [0, 0.1) is 0 Å². The van der Waals surface area contributed by atoms with E-state index in [1.807, 2.05) is 0 Å². The van der Waals surface area contributed by atoms with Crippen LogP contribution in [0.15, 0.2) is 11.8 Å². The molecule has 0 N–H and O–H groups in total. The zero-order valence-electron chi connectivity index (χ0n) is 16.0. The van der Waals surface area contributed by atoms with E-state index in [1.54, 1.807) is 0 Å². The van der Waals surface area contributed by atoms with Gasteiger partial charge in [0.05, 0.1) is 6.61 Å². The van der Waals surface area contributed by atoms with E-state index in [4.69, 9.17) is 22.4 Å². The summed E-state index contributed by atoms with van der Waals surface area (Å²) in [5.41, 5.74) is -3.27. The number of cyclic esters (lactones) is 2. The minimum atomic E-state index is -3.06. The van der Waals surface area contributed by atoms with Gasteiger partial charge in [-0.2, -0.15) is 0 Å². The second kappa shape index (κ2) is 3.98. The summed E-state index contributed by atoms with van der Waals surface area (Å²) < 4.78 is 60.4. The highest BCUT2D eigenvalue weighted by molar-refractivity contribution is 6.15. The van der Waals surface area contributed by atoms with Crippen molar-refractivity contribution in [3.05, 3.63) is 11.8 Å². The summed E-state index contributed by atoms with van der Waals surface area (Å²) in [5.74, 6) is -3.53. The quantitative estimate of drug-likeness (QED) is 0.395. The lowest BCUT2D eigenvalue weighted by atomic mass is 10.2. The van der Waals surface area contributed by atoms with Crippen molar-refractivity contribution >= 4 is 11.9 Å². The fourth-order valence-corrected chi connectivity index (χ4v) is 1.61. The van der Waals surface area contributed by atoms with Crippen LogP contribution in [-0.4, -0.2) is 41.5 Å². The van der Waals surface area contributed by atoms with Gasteiger partial charge in [0.1, 0.15) is 5.72 Å². The van der Waals surface area contributed by atoms with Gasteiger partial charge in [-0.25, -0.2) is 9.59 Å². The number of esters is 2. The SMILES string of the molecule is [2H]C([2H])([2H])C1(C([2H])([2H])[2H])OCCN1C=C1C(=O)OC(C)(C)OC1=O. The van der Waals surface area contributed by atoms with Gasteiger partial charge in [-0.1, -0.05) is 0 Å². The molecule has 0 aliphatic carbocycles. The molecule has 18 heavy (non-hydrogen) atoms. The van der Waals surface area contributed by atoms with E-state index in [1.165, 1.54) is 13.8 Å². The largest absolute Gasteiger partial charge is 0.419 e. The highest BCUT2D eigenvalue weighted by Crippen LogP contribution is 2.27. The maximum atomic E-state index is 12.0. The van der Waals surface area contributed by atoms with Gasteiger partial charge in [-0.3, -0.25) is 0 Å². The minimum absolute atomic E-state index is 0.135. The van der Waals surface area contributed by atoms with Gasteiger partial charge in [0.25, 0.3) is 5.79 Å². The van der Waals surface area contributed by atoms with Crippen LogP contribution in [0.25, 0.3) is 0 Å². The second-order valence-electron chi connectivity index (χ2n) is 4.41. The van der Waals surface area contributed by atoms with E-state index in [9.17, 15) is 9.59 Å². The van der Waals surface area contributed by atoms with Crippen LogP contribution in [0.2, 0.25) is 0 Å². The Kier molecular flexibility index (Phi) is 1.58. The zero-order chi connectivity index (χ0) is 18.6. The van der Waals surface area contributed by atoms with Crippen molar-refractivity contribution in [1.29, 1.82) is 0 Å². The molecule has 100 valence electrons. The highest BCUT2D eigenvalue weighted by atomic mass is 16.7. The molecule has 2 rings (SSSR count). The number of carbonyl (C=O) groups is 2. The van der Waals surface area contributed by atoms with Gasteiger partial charge in [0.2, 0.25) is 0 Å². The van der Waals surface area contributed by atoms with Crippen molar-refractivity contribution < 1.29 is 32.0 Å². The number of carbonyl (C=O) groups excluding carboxylic acids is 2. The van der Waals surface area contributed by atoms with E-state index >= 15 is 0 Å². The Labute approximate surface area is 114 Å². The molecular formula is C12H17NO5. The minimum Gasteiger partial charge on any atom is -0.419 e. The van der Waals surface area contributed by atoms with Crippen molar-refractivity contribution in [2.45, 2.75) is 39.1 Å². The standard InChI is InChI=1S/C12H17NO5/c1-11(2)13(5-6-16-11)7-8-9(14)17-12(3,4)18-10(8)15/h7H,5-6H2,1-4H3/i1D3,2D3. The molecule has 0 atom stereocenters. The van der Waals surface area contributed by atoms with Gasteiger partial charge in [0.15, 0.2) is 5.57 Å². The van der Waals surface area contributed by atoms with E-state index < -0.39 is 42.7 Å². The number of hydrogen-bond donors (Lipinski definition) is 0. The molecule has 6 nitrogen and oxygen atoms in total. The molecular weight excluding hydrogens is 238 g/mol. The first kappa shape index (κ1) is 7.13. The number of rotatable bonds is 1. The topological polar surface area (TPSA) is 65.1 Å². The summed E-state index contributed by atoms with van der Waals surface area (Å²) in [6.45, 7) is -3.75. The monoisotopic (exact) mass is 261 g/mol. The average Bonchev–Trinajstić information content (AvgIpc) is 2.76. The Hall–Kier alpha value is -1.56. The summed E-state index contributed by atoms with van der Waals surface area (Å²) in [4.78, 5) is 24.8. The van der Waals surface area contributed by atoms with Gasteiger partial charge in [-0.15, -0.1) is 0 Å². The van der Waals surface area contributed by atoms with Gasteiger partial charge in [0, 0.05) is 34.8 Å². The lowest BCUT2D eigenvalue weighted by Gasteiger charge is -2.32. The van der Waals surface area contributed by atoms with Crippen molar-refractivity contribution in [3.8, 4) is 0 Å². The van der Waals surface area contributed by atoms with Crippen LogP contribution >= 0.6 is 0 Å². The van der Waals surface area contributed by atoms with Crippen molar-refractivity contribution in [2.24, 2.45) is 0 Å². The first-order valence-corrected chi connectivity index (χ1v) is 5.30. The molecule has 0 aromatic heterocycles. The summed E-state index contributed by atoms with van der Waals surface area (Å²) in [6, 6.07) is 0. The Balaban J connectivity index is 2.47. The lowest BCUT2D eigenvalue weighted by Crippen LogP contribution is -2.43. The van der Waals surface area contributed by atoms with Crippen molar-refractivity contribution in [2.75, 3.05) is 13.2 Å². The van der Waals surface area contributed by atoms with E-state index in [0.717, 1.165) is 11.1 Å². The first-order valence-electron chi connectivity index (χ1n) is 8.30. The first-order chi connectivity index (χ1) is 10.7. The highest BCUT2D eigenvalue weighted by Gasteiger charge is 2.41. The Morgan fingerprint density at radius 3 is 2.44 bits per heavy atom. The molecule has 0 spiro atoms. The number of nitrogens with zero attached hydrogens (tertiary/aromatic N) is 1. The molecule has 0 unspecified atom stereocenters. The summed E-state index contributed by atoms with van der Waals surface area (Å²) in [5, 5.41) is 0. The van der Waals surface area contributed by atoms with Crippen LogP contribution < -0.4 is 0 Å². The fourth-order valence-electron chi connectivity index (χ4n) is 1.61. The van der Waals surface area contributed by atoms with E-state index in [2.05, 4.69) is 0 Å². The van der Waals surface area contributed by atoms with Gasteiger partial charge >= 0.3 is 11.9 Å². The fraction of sp³-hybridized carbons (Fsp3) is 0.667. The van der Waals surface area contributed by atoms with Crippen LogP contribution in [0.3, 0.4) is 0 Å². The molecule has 0 saturated carbocycles. The number of hydrogen-bond acceptors (Lipinski definition) is 6. The molecule has 2 heterocycles. The van der Waals surface area contributed by atoms with Crippen LogP contribution in [0.1, 0.15) is 35.8 Å². The maximum Gasteiger partial charge on any atom is 0.350 e. The Morgan fingerprint density at radius 2 is 1.89 bits per heavy atom. The second-order valence-corrected chi connectivity index (χ2v) is 4.41. The molecule has 2 saturated heterocycles. The summed E-state index contributed by atoms with van der Waals surface area (Å²) in [7, 11) is 0. The third-order valence-electron chi connectivity index (χ3n) is 2.45. The third kappa shape index (κ3) is 2.33. The molecule has 0 bridgehead atoms. The molecule has 0 aromatic rings. The van der Waals surface area contributed by atoms with E-state index in [-0.39, 0.29) is 13.2 Å². The summed E-state index contributed by atoms with van der Waals surface area (Å²) >= 11 is 0.